The fourth-order valence-corrected chi connectivity index (χ4v) is 3.00. The third-order valence-electron chi connectivity index (χ3n) is 3.60. The highest BCUT2D eigenvalue weighted by Gasteiger charge is 2.34. The lowest BCUT2D eigenvalue weighted by Gasteiger charge is -2.35. The topological polar surface area (TPSA) is 35.2 Å². The van der Waals surface area contributed by atoms with E-state index < -0.39 is 17.2 Å². The van der Waals surface area contributed by atoms with E-state index in [1.807, 2.05) is 0 Å². The summed E-state index contributed by atoms with van der Waals surface area (Å²) in [5, 5.41) is 0. The smallest absolute Gasteiger partial charge is 0.202 e. The largest absolute Gasteiger partial charge is 0.493 e. The van der Waals surface area contributed by atoms with Crippen molar-refractivity contribution in [1.82, 2.24) is 0 Å². The van der Waals surface area contributed by atoms with Gasteiger partial charge in [-0.05, 0) is 34.8 Å². The molecule has 1 aromatic carbocycles. The van der Waals surface area contributed by atoms with Crippen molar-refractivity contribution in [3.8, 4) is 5.75 Å². The molecule has 0 unspecified atom stereocenters. The predicted octanol–water partition coefficient (Wildman–Crippen LogP) is 3.85. The third kappa shape index (κ3) is 2.26. The molecule has 18 heavy (non-hydrogen) atoms. The molecule has 2 nitrogen and oxygen atoms in total. The Bertz CT molecular complexity index is 459. The van der Waals surface area contributed by atoms with Gasteiger partial charge in [0.05, 0.1) is 11.6 Å². The van der Waals surface area contributed by atoms with Crippen LogP contribution in [0.1, 0.15) is 37.7 Å². The number of methoxy groups -OCH3 is 1. The fraction of sp³-hybridized carbons (Fsp3) is 0.538. The molecule has 0 atom stereocenters. The summed E-state index contributed by atoms with van der Waals surface area (Å²) in [6.07, 6.45) is 4.65. The zero-order chi connectivity index (χ0) is 13.3. The Morgan fingerprint density at radius 1 is 1.22 bits per heavy atom. The first-order valence-corrected chi connectivity index (χ1v) is 6.80. The van der Waals surface area contributed by atoms with Crippen molar-refractivity contribution < 1.29 is 13.5 Å². The molecule has 0 heterocycles. The normalized spacial score (nSPS) is 18.7. The second kappa shape index (κ2) is 5.13. The Kier molecular flexibility index (Phi) is 3.92. The number of halogens is 3. The van der Waals surface area contributed by atoms with Crippen LogP contribution in [0.3, 0.4) is 0 Å². The molecule has 5 heteroatoms. The van der Waals surface area contributed by atoms with Crippen LogP contribution in [-0.2, 0) is 5.54 Å². The van der Waals surface area contributed by atoms with E-state index in [9.17, 15) is 8.78 Å². The lowest BCUT2D eigenvalue weighted by atomic mass is 9.77. The molecule has 0 bridgehead atoms. The van der Waals surface area contributed by atoms with E-state index >= 15 is 0 Å². The van der Waals surface area contributed by atoms with E-state index in [1.54, 1.807) is 6.07 Å². The van der Waals surface area contributed by atoms with Gasteiger partial charge in [-0.1, -0.05) is 19.3 Å². The summed E-state index contributed by atoms with van der Waals surface area (Å²) in [5.74, 6) is -1.98. The van der Waals surface area contributed by atoms with E-state index in [4.69, 9.17) is 10.5 Å². The van der Waals surface area contributed by atoms with Crippen LogP contribution in [0.5, 0.6) is 5.75 Å². The van der Waals surface area contributed by atoms with Crippen LogP contribution >= 0.6 is 15.9 Å². The lowest BCUT2D eigenvalue weighted by molar-refractivity contribution is 0.281. The number of nitrogens with two attached hydrogens (primary N) is 1. The monoisotopic (exact) mass is 319 g/mol. The molecule has 2 rings (SSSR count). The quantitative estimate of drug-likeness (QED) is 0.840. The molecule has 1 fully saturated rings. The highest BCUT2D eigenvalue weighted by Crippen LogP contribution is 2.42. The van der Waals surface area contributed by atoms with Gasteiger partial charge in [-0.25, -0.2) is 4.39 Å². The molecule has 1 aliphatic carbocycles. The number of hydrogen-bond donors (Lipinski definition) is 1. The molecule has 1 aromatic rings. The van der Waals surface area contributed by atoms with Crippen molar-refractivity contribution in [3.63, 3.8) is 0 Å². The van der Waals surface area contributed by atoms with Gasteiger partial charge in [-0.2, -0.15) is 4.39 Å². The van der Waals surface area contributed by atoms with Crippen molar-refractivity contribution in [2.75, 3.05) is 7.11 Å². The zero-order valence-corrected chi connectivity index (χ0v) is 11.8. The maximum absolute atomic E-state index is 13.9. The molecule has 0 aliphatic heterocycles. The highest BCUT2D eigenvalue weighted by molar-refractivity contribution is 9.10. The van der Waals surface area contributed by atoms with Crippen molar-refractivity contribution in [2.45, 2.75) is 37.6 Å². The van der Waals surface area contributed by atoms with Gasteiger partial charge in [0.1, 0.15) is 0 Å². The second-order valence-electron chi connectivity index (χ2n) is 4.78. The van der Waals surface area contributed by atoms with Gasteiger partial charge in [-0.15, -0.1) is 0 Å². The SMILES string of the molecule is COc1c(C2(N)CCCCC2)cc(Br)c(F)c1F. The highest BCUT2D eigenvalue weighted by atomic mass is 79.9. The Morgan fingerprint density at radius 2 is 1.83 bits per heavy atom. The molecule has 1 saturated carbocycles. The maximum atomic E-state index is 13.9. The van der Waals surface area contributed by atoms with Crippen molar-refractivity contribution in [3.05, 3.63) is 27.7 Å². The van der Waals surface area contributed by atoms with Crippen LogP contribution in [0.25, 0.3) is 0 Å². The average Bonchev–Trinajstić information content (AvgIpc) is 2.36. The van der Waals surface area contributed by atoms with Gasteiger partial charge in [0.25, 0.3) is 0 Å². The Morgan fingerprint density at radius 3 is 2.39 bits per heavy atom. The molecule has 1 aliphatic rings. The number of rotatable bonds is 2. The summed E-state index contributed by atoms with van der Waals surface area (Å²) in [7, 11) is 1.33. The van der Waals surface area contributed by atoms with E-state index in [-0.39, 0.29) is 10.2 Å². The van der Waals surface area contributed by atoms with Crippen molar-refractivity contribution >= 4 is 15.9 Å². The standard InChI is InChI=1S/C13H16BrF2NO/c1-18-12-8(7-9(14)10(15)11(12)16)13(17)5-3-2-4-6-13/h7H,2-6,17H2,1H3. The van der Waals surface area contributed by atoms with E-state index in [0.717, 1.165) is 32.1 Å². The summed E-state index contributed by atoms with van der Waals surface area (Å²) in [4.78, 5) is 0. The molecule has 0 amide bonds. The van der Waals surface area contributed by atoms with Crippen LogP contribution in [0, 0.1) is 11.6 Å². The minimum absolute atomic E-state index is 0.0694. The van der Waals surface area contributed by atoms with Crippen LogP contribution in [0.15, 0.2) is 10.5 Å². The molecule has 0 radical (unpaired) electrons. The Hall–Kier alpha value is -0.680. The molecule has 100 valence electrons. The number of ether oxygens (including phenoxy) is 1. The summed E-state index contributed by atoms with van der Waals surface area (Å²) >= 11 is 3.02. The minimum atomic E-state index is -0.975. The van der Waals surface area contributed by atoms with Gasteiger partial charge in [0.2, 0.25) is 5.82 Å². The van der Waals surface area contributed by atoms with Gasteiger partial charge >= 0.3 is 0 Å². The Labute approximate surface area is 114 Å². The van der Waals surface area contributed by atoms with Crippen LogP contribution in [-0.4, -0.2) is 7.11 Å². The fourth-order valence-electron chi connectivity index (χ4n) is 2.60. The summed E-state index contributed by atoms with van der Waals surface area (Å²) < 4.78 is 32.5. The average molecular weight is 320 g/mol. The first-order chi connectivity index (χ1) is 8.49. The van der Waals surface area contributed by atoms with Gasteiger partial charge in [0.15, 0.2) is 11.6 Å². The molecule has 0 spiro atoms. The maximum Gasteiger partial charge on any atom is 0.202 e. The van der Waals surface area contributed by atoms with E-state index in [0.29, 0.717) is 5.56 Å². The number of hydrogen-bond acceptors (Lipinski definition) is 2. The van der Waals surface area contributed by atoms with Crippen LogP contribution in [0.2, 0.25) is 0 Å². The van der Waals surface area contributed by atoms with Gasteiger partial charge in [-0.3, -0.25) is 0 Å². The third-order valence-corrected chi connectivity index (χ3v) is 4.18. The number of benzene rings is 1. The van der Waals surface area contributed by atoms with Crippen molar-refractivity contribution in [2.24, 2.45) is 5.73 Å². The molecule has 2 N–H and O–H groups in total. The molecule has 0 saturated heterocycles. The van der Waals surface area contributed by atoms with Crippen LogP contribution in [0.4, 0.5) is 8.78 Å². The molecular formula is C13H16BrF2NO. The molecular weight excluding hydrogens is 304 g/mol. The molecule has 0 aromatic heterocycles. The van der Waals surface area contributed by atoms with Gasteiger partial charge in [0, 0.05) is 11.1 Å². The Balaban J connectivity index is 2.55. The second-order valence-corrected chi connectivity index (χ2v) is 5.64. The zero-order valence-electron chi connectivity index (χ0n) is 10.2. The summed E-state index contributed by atoms with van der Waals surface area (Å²) in [6, 6.07) is 1.54. The van der Waals surface area contributed by atoms with Crippen molar-refractivity contribution in [1.29, 1.82) is 0 Å². The summed E-state index contributed by atoms with van der Waals surface area (Å²) in [6.45, 7) is 0. The lowest BCUT2D eigenvalue weighted by Crippen LogP contribution is -2.39. The first-order valence-electron chi connectivity index (χ1n) is 6.00. The van der Waals surface area contributed by atoms with Gasteiger partial charge < -0.3 is 10.5 Å². The van der Waals surface area contributed by atoms with E-state index in [1.165, 1.54) is 7.11 Å². The first kappa shape index (κ1) is 13.7. The van der Waals surface area contributed by atoms with Crippen LogP contribution < -0.4 is 10.5 Å². The summed E-state index contributed by atoms with van der Waals surface area (Å²) in [5.41, 5.74) is 6.28. The predicted molar refractivity (Wildman–Crippen MR) is 69.6 cm³/mol. The minimum Gasteiger partial charge on any atom is -0.493 e. The van der Waals surface area contributed by atoms with E-state index in [2.05, 4.69) is 15.9 Å².